The number of para-hydroxylation sites is 1. The number of anilines is 2. The average molecular weight is 422 g/mol. The Hall–Kier alpha value is -2.97. The van der Waals surface area contributed by atoms with E-state index in [4.69, 9.17) is 0 Å². The van der Waals surface area contributed by atoms with Gasteiger partial charge in [-0.1, -0.05) is 60.3 Å². The van der Waals surface area contributed by atoms with Gasteiger partial charge in [-0.15, -0.1) is 21.5 Å². The van der Waals surface area contributed by atoms with Crippen LogP contribution in [0.4, 0.5) is 10.8 Å². The Kier molecular flexibility index (Phi) is 5.73. The maximum Gasteiger partial charge on any atom is 0.230 e. The highest BCUT2D eigenvalue weighted by Gasteiger charge is 2.18. The molecule has 0 atom stereocenters. The quantitative estimate of drug-likeness (QED) is 0.414. The van der Waals surface area contributed by atoms with Gasteiger partial charge in [-0.05, 0) is 12.1 Å². The van der Waals surface area contributed by atoms with E-state index in [1.54, 1.807) is 23.6 Å². The summed E-state index contributed by atoms with van der Waals surface area (Å²) < 4.78 is 1.99. The summed E-state index contributed by atoms with van der Waals surface area (Å²) in [5, 5.41) is 12.1. The van der Waals surface area contributed by atoms with Gasteiger partial charge >= 0.3 is 0 Å². The second kappa shape index (κ2) is 8.59. The van der Waals surface area contributed by atoms with Crippen molar-refractivity contribution in [2.75, 3.05) is 4.90 Å². The third kappa shape index (κ3) is 4.23. The molecule has 0 saturated heterocycles. The molecular formula is C21H19N5OS2. The van der Waals surface area contributed by atoms with Gasteiger partial charge < -0.3 is 4.57 Å². The molecule has 4 aromatic rings. The lowest BCUT2D eigenvalue weighted by Gasteiger charge is -2.17. The molecule has 6 nitrogen and oxygen atoms in total. The predicted molar refractivity (Wildman–Crippen MR) is 117 cm³/mol. The fourth-order valence-electron chi connectivity index (χ4n) is 2.89. The van der Waals surface area contributed by atoms with Gasteiger partial charge in [0.2, 0.25) is 5.91 Å². The van der Waals surface area contributed by atoms with E-state index in [0.29, 0.717) is 10.9 Å². The summed E-state index contributed by atoms with van der Waals surface area (Å²) in [5.41, 5.74) is 2.75. The SMILES string of the molecule is CC(=O)N(c1ccccc1)c1nc(CSc2nnc(-c3ccccc3)n2C)cs1. The highest BCUT2D eigenvalue weighted by Crippen LogP contribution is 2.31. The second-order valence-electron chi connectivity index (χ2n) is 6.33. The minimum absolute atomic E-state index is 0.0643. The molecule has 0 N–H and O–H groups in total. The average Bonchev–Trinajstić information content (AvgIpc) is 3.34. The molecule has 0 unspecified atom stereocenters. The van der Waals surface area contributed by atoms with Gasteiger partial charge in [0.25, 0.3) is 0 Å². The van der Waals surface area contributed by atoms with Crippen LogP contribution in [0.25, 0.3) is 11.4 Å². The molecule has 0 aliphatic heterocycles. The first-order chi connectivity index (χ1) is 14.1. The largest absolute Gasteiger partial charge is 0.305 e. The van der Waals surface area contributed by atoms with Crippen LogP contribution in [0.3, 0.4) is 0 Å². The zero-order valence-electron chi connectivity index (χ0n) is 16.0. The summed E-state index contributed by atoms with van der Waals surface area (Å²) in [5.74, 6) is 1.42. The topological polar surface area (TPSA) is 63.9 Å². The van der Waals surface area contributed by atoms with Crippen molar-refractivity contribution in [1.82, 2.24) is 19.7 Å². The summed E-state index contributed by atoms with van der Waals surface area (Å²) in [4.78, 5) is 18.5. The van der Waals surface area contributed by atoms with Crippen molar-refractivity contribution in [2.45, 2.75) is 17.8 Å². The predicted octanol–water partition coefficient (Wildman–Crippen LogP) is 4.92. The van der Waals surface area contributed by atoms with E-state index in [0.717, 1.165) is 27.9 Å². The Morgan fingerprint density at radius 3 is 2.45 bits per heavy atom. The van der Waals surface area contributed by atoms with Gasteiger partial charge in [-0.25, -0.2) is 4.98 Å². The molecule has 29 heavy (non-hydrogen) atoms. The van der Waals surface area contributed by atoms with Crippen molar-refractivity contribution in [3.63, 3.8) is 0 Å². The molecule has 0 spiro atoms. The lowest BCUT2D eigenvalue weighted by atomic mass is 10.2. The molecule has 0 fully saturated rings. The third-order valence-corrected chi connectivity index (χ3v) is 6.20. The molecule has 8 heteroatoms. The lowest BCUT2D eigenvalue weighted by Crippen LogP contribution is -2.22. The van der Waals surface area contributed by atoms with E-state index in [9.17, 15) is 4.79 Å². The molecular weight excluding hydrogens is 402 g/mol. The number of rotatable bonds is 6. The zero-order chi connectivity index (χ0) is 20.2. The molecule has 0 bridgehead atoms. The minimum atomic E-state index is -0.0643. The van der Waals surface area contributed by atoms with E-state index < -0.39 is 0 Å². The van der Waals surface area contributed by atoms with Gasteiger partial charge in [-0.2, -0.15) is 0 Å². The highest BCUT2D eigenvalue weighted by atomic mass is 32.2. The first-order valence-corrected chi connectivity index (χ1v) is 10.9. The summed E-state index contributed by atoms with van der Waals surface area (Å²) in [6, 6.07) is 19.6. The van der Waals surface area contributed by atoms with Crippen LogP contribution in [-0.2, 0) is 17.6 Å². The Balaban J connectivity index is 1.49. The van der Waals surface area contributed by atoms with Crippen molar-refractivity contribution in [2.24, 2.45) is 7.05 Å². The van der Waals surface area contributed by atoms with Crippen LogP contribution in [0, 0.1) is 0 Å². The monoisotopic (exact) mass is 421 g/mol. The normalized spacial score (nSPS) is 10.8. The number of carbonyl (C=O) groups excluding carboxylic acids is 1. The Bertz CT molecular complexity index is 1110. The summed E-state index contributed by atoms with van der Waals surface area (Å²) in [6.45, 7) is 1.55. The maximum absolute atomic E-state index is 12.2. The van der Waals surface area contributed by atoms with Crippen LogP contribution < -0.4 is 4.90 Å². The Morgan fingerprint density at radius 2 is 1.76 bits per heavy atom. The first-order valence-electron chi connectivity index (χ1n) is 9.01. The molecule has 146 valence electrons. The molecule has 0 aliphatic carbocycles. The molecule has 2 heterocycles. The number of aromatic nitrogens is 4. The van der Waals surface area contributed by atoms with E-state index in [1.807, 2.05) is 77.7 Å². The fraction of sp³-hybridized carbons (Fsp3) is 0.143. The van der Waals surface area contributed by atoms with E-state index in [2.05, 4.69) is 15.2 Å². The summed E-state index contributed by atoms with van der Waals surface area (Å²) in [6.07, 6.45) is 0. The second-order valence-corrected chi connectivity index (χ2v) is 8.11. The van der Waals surface area contributed by atoms with Gasteiger partial charge in [0.1, 0.15) is 0 Å². The van der Waals surface area contributed by atoms with Crippen molar-refractivity contribution < 1.29 is 4.79 Å². The summed E-state index contributed by atoms with van der Waals surface area (Å²) in [7, 11) is 1.96. The molecule has 2 aromatic heterocycles. The van der Waals surface area contributed by atoms with Crippen molar-refractivity contribution >= 4 is 39.8 Å². The number of thiazole rings is 1. The lowest BCUT2D eigenvalue weighted by molar-refractivity contribution is -0.115. The number of amides is 1. The van der Waals surface area contributed by atoms with Crippen LogP contribution >= 0.6 is 23.1 Å². The summed E-state index contributed by atoms with van der Waals surface area (Å²) >= 11 is 3.04. The number of benzene rings is 2. The molecule has 0 radical (unpaired) electrons. The van der Waals surface area contributed by atoms with Crippen LogP contribution in [0.15, 0.2) is 71.2 Å². The van der Waals surface area contributed by atoms with Gasteiger partial charge in [0, 0.05) is 30.7 Å². The minimum Gasteiger partial charge on any atom is -0.305 e. The molecule has 0 aliphatic rings. The molecule has 1 amide bonds. The number of nitrogens with zero attached hydrogens (tertiary/aromatic N) is 5. The third-order valence-electron chi connectivity index (χ3n) is 4.28. The Morgan fingerprint density at radius 1 is 1.07 bits per heavy atom. The van der Waals surface area contributed by atoms with Crippen LogP contribution in [-0.4, -0.2) is 25.7 Å². The van der Waals surface area contributed by atoms with Crippen molar-refractivity contribution in [3.8, 4) is 11.4 Å². The van der Waals surface area contributed by atoms with Crippen LogP contribution in [0.1, 0.15) is 12.6 Å². The standard InChI is InChI=1S/C21H19N5OS2/c1-15(27)26(18-11-7-4-8-12-18)20-22-17(13-28-20)14-29-21-24-23-19(25(21)2)16-9-5-3-6-10-16/h3-13H,14H2,1-2H3. The van der Waals surface area contributed by atoms with E-state index >= 15 is 0 Å². The number of hydrogen-bond donors (Lipinski definition) is 0. The maximum atomic E-state index is 12.2. The number of carbonyl (C=O) groups is 1. The van der Waals surface area contributed by atoms with Gasteiger partial charge in [0.15, 0.2) is 16.1 Å². The van der Waals surface area contributed by atoms with Gasteiger partial charge in [0.05, 0.1) is 11.4 Å². The zero-order valence-corrected chi connectivity index (χ0v) is 17.7. The molecule has 2 aromatic carbocycles. The molecule has 4 rings (SSSR count). The first kappa shape index (κ1) is 19.4. The van der Waals surface area contributed by atoms with Crippen LogP contribution in [0.5, 0.6) is 0 Å². The van der Waals surface area contributed by atoms with Crippen LogP contribution in [0.2, 0.25) is 0 Å². The highest BCUT2D eigenvalue weighted by molar-refractivity contribution is 7.98. The van der Waals surface area contributed by atoms with E-state index in [-0.39, 0.29) is 5.91 Å². The number of hydrogen-bond acceptors (Lipinski definition) is 6. The van der Waals surface area contributed by atoms with E-state index in [1.165, 1.54) is 11.3 Å². The van der Waals surface area contributed by atoms with Gasteiger partial charge in [-0.3, -0.25) is 9.69 Å². The smallest absolute Gasteiger partial charge is 0.230 e. The number of thioether (sulfide) groups is 1. The fourth-order valence-corrected chi connectivity index (χ4v) is 4.68. The Labute approximate surface area is 177 Å². The van der Waals surface area contributed by atoms with Crippen molar-refractivity contribution in [1.29, 1.82) is 0 Å². The van der Waals surface area contributed by atoms with Crippen molar-refractivity contribution in [3.05, 3.63) is 71.7 Å². The molecule has 0 saturated carbocycles.